The number of hydrogen-bond donors (Lipinski definition) is 0. The fourth-order valence-corrected chi connectivity index (χ4v) is 2.14. The number of pyridine rings is 1. The van der Waals surface area contributed by atoms with Crippen LogP contribution in [0.3, 0.4) is 0 Å². The number of rotatable bonds is 4. The lowest BCUT2D eigenvalue weighted by atomic mass is 10.1. The molecule has 1 heterocycles. The molecule has 0 aliphatic heterocycles. The number of carbonyl (C=O) groups excluding carboxylic acids is 2. The molecule has 0 atom stereocenters. The number of benzene rings is 1. The summed E-state index contributed by atoms with van der Waals surface area (Å²) in [6.45, 7) is 4.01. The summed E-state index contributed by atoms with van der Waals surface area (Å²) in [6, 6.07) is 4.80. The number of aromatic nitrogens is 1. The van der Waals surface area contributed by atoms with Gasteiger partial charge >= 0.3 is 11.9 Å². The molecule has 6 heteroatoms. The molecule has 0 fully saturated rings. The molecule has 2 rings (SSSR count). The monoisotopic (exact) mass is 307 g/mol. The summed E-state index contributed by atoms with van der Waals surface area (Å²) in [5, 5.41) is 0.837. The van der Waals surface area contributed by atoms with E-state index in [9.17, 15) is 9.59 Å². The van der Waals surface area contributed by atoms with E-state index in [1.807, 2.05) is 0 Å². The summed E-state index contributed by atoms with van der Waals surface area (Å²) in [5.41, 5.74) is 1.10. The number of hydrogen-bond acceptors (Lipinski definition) is 5. The lowest BCUT2D eigenvalue weighted by molar-refractivity contribution is 0.0516. The molecule has 0 spiro atoms. The summed E-state index contributed by atoms with van der Waals surface area (Å²) in [4.78, 5) is 27.6. The smallest absolute Gasteiger partial charge is 0.341 e. The fourth-order valence-electron chi connectivity index (χ4n) is 1.85. The average molecular weight is 308 g/mol. The van der Waals surface area contributed by atoms with Crippen LogP contribution < -0.4 is 0 Å². The molecular weight excluding hydrogens is 294 g/mol. The third kappa shape index (κ3) is 3.13. The van der Waals surface area contributed by atoms with E-state index in [0.29, 0.717) is 23.1 Å². The number of nitrogens with zero attached hydrogens (tertiary/aromatic N) is 1. The predicted octanol–water partition coefficient (Wildman–Crippen LogP) is 3.24. The average Bonchev–Trinajstić information content (AvgIpc) is 2.47. The zero-order valence-corrected chi connectivity index (χ0v) is 12.4. The van der Waals surface area contributed by atoms with Crippen LogP contribution in [0.4, 0.5) is 0 Å². The molecule has 0 aliphatic rings. The second kappa shape index (κ2) is 6.54. The van der Waals surface area contributed by atoms with Gasteiger partial charge in [-0.25, -0.2) is 9.59 Å². The molecule has 0 unspecified atom stereocenters. The maximum absolute atomic E-state index is 11.7. The van der Waals surface area contributed by atoms with Gasteiger partial charge in [-0.2, -0.15) is 0 Å². The molecule has 5 nitrogen and oxygen atoms in total. The molecule has 0 amide bonds. The topological polar surface area (TPSA) is 65.5 Å². The number of ether oxygens (including phenoxy) is 2. The van der Waals surface area contributed by atoms with Gasteiger partial charge in [-0.3, -0.25) is 4.98 Å². The maximum atomic E-state index is 11.7. The molecule has 1 aromatic heterocycles. The molecular formula is C15H14ClNO4. The van der Waals surface area contributed by atoms with Gasteiger partial charge in [0.05, 0.1) is 34.9 Å². The second-order valence-corrected chi connectivity index (χ2v) is 4.54. The minimum atomic E-state index is -0.522. The Morgan fingerprint density at radius 3 is 2.48 bits per heavy atom. The minimum Gasteiger partial charge on any atom is -0.462 e. The highest BCUT2D eigenvalue weighted by molar-refractivity contribution is 6.38. The zero-order valence-electron chi connectivity index (χ0n) is 11.7. The molecule has 0 saturated heterocycles. The van der Waals surface area contributed by atoms with Crippen molar-refractivity contribution in [2.45, 2.75) is 13.8 Å². The first-order valence-electron chi connectivity index (χ1n) is 6.51. The summed E-state index contributed by atoms with van der Waals surface area (Å²) < 4.78 is 9.84. The van der Waals surface area contributed by atoms with Gasteiger partial charge in [-0.1, -0.05) is 17.7 Å². The minimum absolute atomic E-state index is 0.204. The zero-order chi connectivity index (χ0) is 15.4. The largest absolute Gasteiger partial charge is 0.462 e. The highest BCUT2D eigenvalue weighted by Crippen LogP contribution is 2.27. The van der Waals surface area contributed by atoms with E-state index in [-0.39, 0.29) is 17.2 Å². The second-order valence-electron chi connectivity index (χ2n) is 4.16. The molecule has 1 aromatic carbocycles. The third-order valence-electron chi connectivity index (χ3n) is 2.81. The van der Waals surface area contributed by atoms with Gasteiger partial charge in [-0.15, -0.1) is 0 Å². The molecule has 0 N–H and O–H groups in total. The molecule has 21 heavy (non-hydrogen) atoms. The van der Waals surface area contributed by atoms with E-state index in [1.54, 1.807) is 32.0 Å². The van der Waals surface area contributed by atoms with Gasteiger partial charge in [0.2, 0.25) is 0 Å². The Labute approximate surface area is 126 Å². The number of fused-ring (bicyclic) bond motifs is 1. The van der Waals surface area contributed by atoms with Crippen molar-refractivity contribution in [2.75, 3.05) is 13.2 Å². The van der Waals surface area contributed by atoms with E-state index in [2.05, 4.69) is 4.98 Å². The van der Waals surface area contributed by atoms with Crippen LogP contribution in [0, 0.1) is 0 Å². The van der Waals surface area contributed by atoms with Crippen LogP contribution in [-0.2, 0) is 9.47 Å². The Morgan fingerprint density at radius 2 is 1.81 bits per heavy atom. The molecule has 2 aromatic rings. The van der Waals surface area contributed by atoms with Crippen LogP contribution in [0.2, 0.25) is 5.02 Å². The maximum Gasteiger partial charge on any atom is 0.341 e. The molecule has 0 radical (unpaired) electrons. The van der Waals surface area contributed by atoms with Crippen molar-refractivity contribution in [3.63, 3.8) is 0 Å². The van der Waals surface area contributed by atoms with Crippen LogP contribution in [0.15, 0.2) is 24.4 Å². The van der Waals surface area contributed by atoms with E-state index >= 15 is 0 Å². The Kier molecular flexibility index (Phi) is 4.75. The highest BCUT2D eigenvalue weighted by atomic mass is 35.5. The summed E-state index contributed by atoms with van der Waals surface area (Å²) in [5.74, 6) is -0.946. The number of esters is 2. The van der Waals surface area contributed by atoms with E-state index in [1.165, 1.54) is 6.20 Å². The van der Waals surface area contributed by atoms with Crippen molar-refractivity contribution in [3.05, 3.63) is 40.5 Å². The number of carbonyl (C=O) groups is 2. The first kappa shape index (κ1) is 15.3. The van der Waals surface area contributed by atoms with Crippen molar-refractivity contribution >= 4 is 34.4 Å². The van der Waals surface area contributed by atoms with Gasteiger partial charge in [0.1, 0.15) is 0 Å². The van der Waals surface area contributed by atoms with Crippen LogP contribution in [0.25, 0.3) is 10.9 Å². The van der Waals surface area contributed by atoms with E-state index < -0.39 is 11.9 Å². The van der Waals surface area contributed by atoms with Crippen molar-refractivity contribution in [1.82, 2.24) is 4.98 Å². The van der Waals surface area contributed by atoms with Crippen LogP contribution in [0.1, 0.15) is 34.6 Å². The molecule has 110 valence electrons. The molecule has 0 bridgehead atoms. The van der Waals surface area contributed by atoms with Gasteiger partial charge < -0.3 is 9.47 Å². The first-order chi connectivity index (χ1) is 10.1. The SMILES string of the molecule is CCOC(=O)c1ccc2c(Cl)c(C(=O)OCC)cnc2c1. The quantitative estimate of drug-likeness (QED) is 0.811. The Morgan fingerprint density at radius 1 is 1.14 bits per heavy atom. The van der Waals surface area contributed by atoms with Gasteiger partial charge in [0, 0.05) is 11.6 Å². The Balaban J connectivity index is 2.46. The third-order valence-corrected chi connectivity index (χ3v) is 3.22. The van der Waals surface area contributed by atoms with Crippen LogP contribution in [0.5, 0.6) is 0 Å². The Hall–Kier alpha value is -2.14. The summed E-state index contributed by atoms with van der Waals surface area (Å²) in [6.07, 6.45) is 1.34. The fraction of sp³-hybridized carbons (Fsp3) is 0.267. The van der Waals surface area contributed by atoms with Gasteiger partial charge in [0.25, 0.3) is 0 Å². The van der Waals surface area contributed by atoms with Crippen LogP contribution >= 0.6 is 11.6 Å². The van der Waals surface area contributed by atoms with Gasteiger partial charge in [0.15, 0.2) is 0 Å². The number of halogens is 1. The van der Waals surface area contributed by atoms with Gasteiger partial charge in [-0.05, 0) is 26.0 Å². The van der Waals surface area contributed by atoms with E-state index in [0.717, 1.165) is 0 Å². The Bertz CT molecular complexity index is 699. The summed E-state index contributed by atoms with van der Waals surface area (Å²) >= 11 is 6.21. The predicted molar refractivity (Wildman–Crippen MR) is 78.7 cm³/mol. The molecule has 0 aliphatic carbocycles. The van der Waals surface area contributed by atoms with Crippen molar-refractivity contribution in [1.29, 1.82) is 0 Å². The van der Waals surface area contributed by atoms with Crippen molar-refractivity contribution in [2.24, 2.45) is 0 Å². The lowest BCUT2D eigenvalue weighted by Crippen LogP contribution is -2.07. The summed E-state index contributed by atoms with van der Waals surface area (Å²) in [7, 11) is 0. The normalized spacial score (nSPS) is 10.4. The first-order valence-corrected chi connectivity index (χ1v) is 6.88. The molecule has 0 saturated carbocycles. The van der Waals surface area contributed by atoms with Crippen molar-refractivity contribution < 1.29 is 19.1 Å². The van der Waals surface area contributed by atoms with E-state index in [4.69, 9.17) is 21.1 Å². The standard InChI is InChI=1S/C15H14ClNO4/c1-3-20-14(18)9-5-6-10-12(7-9)17-8-11(13(10)16)15(19)21-4-2/h5-8H,3-4H2,1-2H3. The van der Waals surface area contributed by atoms with Crippen molar-refractivity contribution in [3.8, 4) is 0 Å². The lowest BCUT2D eigenvalue weighted by Gasteiger charge is -2.08. The highest BCUT2D eigenvalue weighted by Gasteiger charge is 2.16. The van der Waals surface area contributed by atoms with Crippen LogP contribution in [-0.4, -0.2) is 30.1 Å².